The van der Waals surface area contributed by atoms with Crippen molar-refractivity contribution < 1.29 is 5.21 Å². The van der Waals surface area contributed by atoms with Gasteiger partial charge in [-0.05, 0) is 30.0 Å². The van der Waals surface area contributed by atoms with Crippen molar-refractivity contribution >= 4 is 27.5 Å². The van der Waals surface area contributed by atoms with E-state index >= 15 is 0 Å². The van der Waals surface area contributed by atoms with E-state index in [1.54, 1.807) is 0 Å². The summed E-state index contributed by atoms with van der Waals surface area (Å²) < 4.78 is 0.999. The lowest BCUT2D eigenvalue weighted by atomic mass is 10.0. The minimum Gasteiger partial charge on any atom is -0.409 e. The van der Waals surface area contributed by atoms with Crippen molar-refractivity contribution in [3.63, 3.8) is 0 Å². The number of amidine groups is 1. The van der Waals surface area contributed by atoms with Crippen LogP contribution in [0.15, 0.2) is 27.8 Å². The molecule has 0 saturated carbocycles. The van der Waals surface area contributed by atoms with Crippen molar-refractivity contribution in [1.29, 1.82) is 0 Å². The average molecular weight is 312 g/mol. The van der Waals surface area contributed by atoms with Gasteiger partial charge in [-0.15, -0.1) is 0 Å². The van der Waals surface area contributed by atoms with Crippen LogP contribution in [0.25, 0.3) is 0 Å². The Labute approximate surface area is 116 Å². The number of halogens is 1. The minimum atomic E-state index is 0.157. The summed E-state index contributed by atoms with van der Waals surface area (Å²) in [6.07, 6.45) is 0. The lowest BCUT2D eigenvalue weighted by Crippen LogP contribution is -2.24. The first-order valence-electron chi connectivity index (χ1n) is 6.05. The first kappa shape index (κ1) is 13.2. The summed E-state index contributed by atoms with van der Waals surface area (Å²) in [5.74, 6) is 1.47. The monoisotopic (exact) mass is 311 g/mol. The maximum atomic E-state index is 8.86. The van der Waals surface area contributed by atoms with Gasteiger partial charge in [0.05, 0.1) is 0 Å². The summed E-state index contributed by atoms with van der Waals surface area (Å²) in [5, 5.41) is 12.0. The van der Waals surface area contributed by atoms with Gasteiger partial charge in [-0.2, -0.15) is 0 Å². The Kier molecular flexibility index (Phi) is 3.80. The van der Waals surface area contributed by atoms with Crippen molar-refractivity contribution in [2.75, 3.05) is 18.0 Å². The summed E-state index contributed by atoms with van der Waals surface area (Å²) in [5.41, 5.74) is 7.54. The minimum absolute atomic E-state index is 0.157. The van der Waals surface area contributed by atoms with Crippen LogP contribution >= 0.6 is 15.9 Å². The summed E-state index contributed by atoms with van der Waals surface area (Å²) in [6, 6.07) is 5.81. The maximum absolute atomic E-state index is 8.86. The molecule has 2 rings (SSSR count). The van der Waals surface area contributed by atoms with E-state index in [1.807, 2.05) is 18.2 Å². The Morgan fingerprint density at radius 2 is 2.00 bits per heavy atom. The third kappa shape index (κ3) is 2.46. The molecule has 0 amide bonds. The summed E-state index contributed by atoms with van der Waals surface area (Å²) in [6.45, 7) is 6.52. The lowest BCUT2D eigenvalue weighted by molar-refractivity contribution is 0.318. The third-order valence-corrected chi connectivity index (χ3v) is 4.17. The highest BCUT2D eigenvalue weighted by Crippen LogP contribution is 2.32. The SMILES string of the molecule is CC1CN(c2cc(Br)ccc2/C(N)=N/O)CC1C. The number of hydrogen-bond donors (Lipinski definition) is 2. The molecule has 18 heavy (non-hydrogen) atoms. The van der Waals surface area contributed by atoms with E-state index in [1.165, 1.54) is 0 Å². The maximum Gasteiger partial charge on any atom is 0.172 e. The molecule has 3 N–H and O–H groups in total. The molecule has 98 valence electrons. The fraction of sp³-hybridized carbons (Fsp3) is 0.462. The highest BCUT2D eigenvalue weighted by Gasteiger charge is 2.28. The molecule has 0 bridgehead atoms. The smallest absolute Gasteiger partial charge is 0.172 e. The molecule has 2 atom stereocenters. The molecule has 4 nitrogen and oxygen atoms in total. The molecule has 1 aromatic rings. The summed E-state index contributed by atoms with van der Waals surface area (Å²) in [4.78, 5) is 2.30. The Morgan fingerprint density at radius 1 is 1.39 bits per heavy atom. The number of nitrogens with two attached hydrogens (primary N) is 1. The predicted molar refractivity (Wildman–Crippen MR) is 77.2 cm³/mol. The zero-order valence-electron chi connectivity index (χ0n) is 10.6. The van der Waals surface area contributed by atoms with Crippen molar-refractivity contribution in [3.8, 4) is 0 Å². The number of hydrogen-bond acceptors (Lipinski definition) is 3. The highest BCUT2D eigenvalue weighted by molar-refractivity contribution is 9.10. The van der Waals surface area contributed by atoms with E-state index in [0.29, 0.717) is 11.8 Å². The van der Waals surface area contributed by atoms with Crippen molar-refractivity contribution in [2.45, 2.75) is 13.8 Å². The fourth-order valence-corrected chi connectivity index (χ4v) is 2.71. The Balaban J connectivity index is 2.40. The van der Waals surface area contributed by atoms with Crippen LogP contribution in [0.5, 0.6) is 0 Å². The molecule has 1 aromatic carbocycles. The molecule has 0 spiro atoms. The second kappa shape index (κ2) is 5.18. The first-order chi connectivity index (χ1) is 8.52. The Hall–Kier alpha value is -1.23. The third-order valence-electron chi connectivity index (χ3n) is 3.67. The van der Waals surface area contributed by atoms with Gasteiger partial charge in [-0.1, -0.05) is 34.9 Å². The van der Waals surface area contributed by atoms with Crippen LogP contribution in [0.1, 0.15) is 19.4 Å². The van der Waals surface area contributed by atoms with E-state index in [9.17, 15) is 0 Å². The standard InChI is InChI=1S/C13H18BrN3O/c1-8-6-17(7-9(8)2)12-5-10(14)3-4-11(12)13(15)16-18/h3-5,8-9,18H,6-7H2,1-2H3,(H2,15,16). The van der Waals surface area contributed by atoms with E-state index in [-0.39, 0.29) is 5.84 Å². The molecular formula is C13H18BrN3O. The molecule has 0 radical (unpaired) electrons. The molecule has 1 fully saturated rings. The normalized spacial score (nSPS) is 24.6. The highest BCUT2D eigenvalue weighted by atomic mass is 79.9. The van der Waals surface area contributed by atoms with Crippen LogP contribution in [0.3, 0.4) is 0 Å². The van der Waals surface area contributed by atoms with Gasteiger partial charge in [-0.3, -0.25) is 0 Å². The second-order valence-electron chi connectivity index (χ2n) is 5.01. The van der Waals surface area contributed by atoms with Crippen LogP contribution in [0.2, 0.25) is 0 Å². The molecule has 1 aliphatic heterocycles. The molecule has 0 aromatic heterocycles. The van der Waals surface area contributed by atoms with Crippen LogP contribution in [-0.2, 0) is 0 Å². The number of oxime groups is 1. The molecule has 1 heterocycles. The van der Waals surface area contributed by atoms with Gasteiger partial charge in [0.25, 0.3) is 0 Å². The van der Waals surface area contributed by atoms with Gasteiger partial charge in [0.1, 0.15) is 0 Å². The lowest BCUT2D eigenvalue weighted by Gasteiger charge is -2.22. The fourth-order valence-electron chi connectivity index (χ4n) is 2.36. The van der Waals surface area contributed by atoms with Gasteiger partial charge >= 0.3 is 0 Å². The van der Waals surface area contributed by atoms with Crippen LogP contribution < -0.4 is 10.6 Å². The first-order valence-corrected chi connectivity index (χ1v) is 6.84. The summed E-state index contributed by atoms with van der Waals surface area (Å²) in [7, 11) is 0. The number of nitrogens with zero attached hydrogens (tertiary/aromatic N) is 2. The number of benzene rings is 1. The van der Waals surface area contributed by atoms with Crippen LogP contribution in [0.4, 0.5) is 5.69 Å². The van der Waals surface area contributed by atoms with Gasteiger partial charge in [0.2, 0.25) is 0 Å². The number of anilines is 1. The molecule has 1 saturated heterocycles. The van der Waals surface area contributed by atoms with Crippen molar-refractivity contribution in [3.05, 3.63) is 28.2 Å². The summed E-state index contributed by atoms with van der Waals surface area (Å²) >= 11 is 3.47. The van der Waals surface area contributed by atoms with E-state index < -0.39 is 0 Å². The molecule has 5 heteroatoms. The van der Waals surface area contributed by atoms with E-state index in [4.69, 9.17) is 10.9 Å². The van der Waals surface area contributed by atoms with Gasteiger partial charge in [-0.25, -0.2) is 0 Å². The second-order valence-corrected chi connectivity index (χ2v) is 5.92. The molecular weight excluding hydrogens is 294 g/mol. The van der Waals surface area contributed by atoms with Gasteiger partial charge in [0, 0.05) is 28.8 Å². The molecule has 2 unspecified atom stereocenters. The van der Waals surface area contributed by atoms with Crippen LogP contribution in [0, 0.1) is 11.8 Å². The van der Waals surface area contributed by atoms with E-state index in [2.05, 4.69) is 39.8 Å². The van der Waals surface area contributed by atoms with Crippen LogP contribution in [-0.4, -0.2) is 24.1 Å². The molecule has 1 aliphatic rings. The molecule has 0 aliphatic carbocycles. The van der Waals surface area contributed by atoms with Crippen molar-refractivity contribution in [1.82, 2.24) is 0 Å². The van der Waals surface area contributed by atoms with E-state index in [0.717, 1.165) is 28.8 Å². The Morgan fingerprint density at radius 3 is 2.56 bits per heavy atom. The topological polar surface area (TPSA) is 61.8 Å². The largest absolute Gasteiger partial charge is 0.409 e. The zero-order valence-corrected chi connectivity index (χ0v) is 12.2. The van der Waals surface area contributed by atoms with Gasteiger partial charge in [0.15, 0.2) is 5.84 Å². The number of rotatable bonds is 2. The quantitative estimate of drug-likeness (QED) is 0.382. The Bertz CT molecular complexity index is 465. The predicted octanol–water partition coefficient (Wildman–Crippen LogP) is 2.64. The zero-order chi connectivity index (χ0) is 13.3. The average Bonchev–Trinajstić information content (AvgIpc) is 2.68. The van der Waals surface area contributed by atoms with Crippen molar-refractivity contribution in [2.24, 2.45) is 22.7 Å². The van der Waals surface area contributed by atoms with Gasteiger partial charge < -0.3 is 15.8 Å².